The maximum absolute atomic E-state index is 6.09. The van der Waals surface area contributed by atoms with E-state index in [-0.39, 0.29) is 5.92 Å². The van der Waals surface area contributed by atoms with Crippen molar-refractivity contribution in [1.29, 1.82) is 0 Å². The average molecular weight is 379 g/mol. The minimum Gasteiger partial charge on any atom is -0.387 e. The Labute approximate surface area is 166 Å². The Morgan fingerprint density at radius 3 is 2.25 bits per heavy atom. The zero-order chi connectivity index (χ0) is 20.1. The van der Waals surface area contributed by atoms with E-state index in [4.69, 9.17) is 17.2 Å². The molecule has 0 spiro atoms. The van der Waals surface area contributed by atoms with Crippen molar-refractivity contribution in [3.05, 3.63) is 70.2 Å². The van der Waals surface area contributed by atoms with Gasteiger partial charge in [0.2, 0.25) is 0 Å². The number of aromatic nitrogens is 2. The van der Waals surface area contributed by atoms with Crippen LogP contribution < -0.4 is 22.5 Å². The minimum atomic E-state index is 0.198. The fourth-order valence-corrected chi connectivity index (χ4v) is 3.67. The fourth-order valence-electron chi connectivity index (χ4n) is 3.67. The Morgan fingerprint density at radius 2 is 1.61 bits per heavy atom. The van der Waals surface area contributed by atoms with Gasteiger partial charge in [0.1, 0.15) is 11.6 Å². The van der Waals surface area contributed by atoms with Crippen molar-refractivity contribution in [3.8, 4) is 0 Å². The molecule has 2 aromatic rings. The van der Waals surface area contributed by atoms with E-state index in [0.717, 1.165) is 48.3 Å². The van der Waals surface area contributed by atoms with Crippen LogP contribution in [0, 0.1) is 19.8 Å². The van der Waals surface area contributed by atoms with Crippen molar-refractivity contribution in [1.82, 2.24) is 15.3 Å². The van der Waals surface area contributed by atoms with Crippen molar-refractivity contribution in [2.45, 2.75) is 33.1 Å². The van der Waals surface area contributed by atoms with Crippen LogP contribution in [0.25, 0.3) is 0 Å². The minimum absolute atomic E-state index is 0.198. The predicted octanol–water partition coefficient (Wildman–Crippen LogP) is 2.42. The van der Waals surface area contributed by atoms with E-state index >= 15 is 0 Å². The van der Waals surface area contributed by atoms with Crippen LogP contribution in [0.4, 0.5) is 11.6 Å². The summed E-state index contributed by atoms with van der Waals surface area (Å²) in [5.41, 5.74) is 24.7. The largest absolute Gasteiger partial charge is 0.387 e. The summed E-state index contributed by atoms with van der Waals surface area (Å²) in [6.07, 6.45) is 6.92. The van der Waals surface area contributed by atoms with E-state index in [1.54, 1.807) is 0 Å². The van der Waals surface area contributed by atoms with Crippen molar-refractivity contribution in [2.24, 2.45) is 11.7 Å². The number of pyridine rings is 2. The highest BCUT2D eigenvalue weighted by Crippen LogP contribution is 2.23. The molecule has 1 aliphatic heterocycles. The lowest BCUT2D eigenvalue weighted by Gasteiger charge is -2.22. The fraction of sp³-hybridized carbons (Fsp3) is 0.364. The third-order valence-electron chi connectivity index (χ3n) is 4.97. The van der Waals surface area contributed by atoms with Gasteiger partial charge >= 0.3 is 0 Å². The topological polar surface area (TPSA) is 116 Å². The molecule has 148 valence electrons. The number of hydrogen-bond donors (Lipinski definition) is 4. The van der Waals surface area contributed by atoms with Crippen LogP contribution in [0.2, 0.25) is 0 Å². The molecule has 0 saturated heterocycles. The molecule has 0 fully saturated rings. The van der Waals surface area contributed by atoms with Gasteiger partial charge in [-0.2, -0.15) is 0 Å². The first-order valence-electron chi connectivity index (χ1n) is 9.72. The Morgan fingerprint density at radius 1 is 0.964 bits per heavy atom. The third kappa shape index (κ3) is 5.33. The summed E-state index contributed by atoms with van der Waals surface area (Å²) >= 11 is 0. The van der Waals surface area contributed by atoms with Crippen molar-refractivity contribution < 1.29 is 0 Å². The molecular weight excluding hydrogens is 348 g/mol. The van der Waals surface area contributed by atoms with Gasteiger partial charge in [0.05, 0.1) is 0 Å². The zero-order valence-electron chi connectivity index (χ0n) is 16.7. The average Bonchev–Trinajstić information content (AvgIpc) is 2.63. The second-order valence-electron chi connectivity index (χ2n) is 7.59. The van der Waals surface area contributed by atoms with Gasteiger partial charge in [0.15, 0.2) is 0 Å². The van der Waals surface area contributed by atoms with Crippen LogP contribution in [0.3, 0.4) is 0 Å². The Bertz CT molecular complexity index is 859. The van der Waals surface area contributed by atoms with E-state index in [1.165, 1.54) is 11.1 Å². The molecule has 6 heteroatoms. The highest BCUT2D eigenvalue weighted by Gasteiger charge is 2.17. The van der Waals surface area contributed by atoms with Gasteiger partial charge in [-0.3, -0.25) is 0 Å². The third-order valence-corrected chi connectivity index (χ3v) is 4.97. The summed E-state index contributed by atoms with van der Waals surface area (Å²) in [5.74, 6) is 1.34. The molecule has 3 rings (SSSR count). The van der Waals surface area contributed by atoms with E-state index in [0.29, 0.717) is 18.2 Å². The van der Waals surface area contributed by atoms with Crippen molar-refractivity contribution >= 4 is 11.6 Å². The van der Waals surface area contributed by atoms with Crippen molar-refractivity contribution in [3.63, 3.8) is 0 Å². The van der Waals surface area contributed by atoms with Crippen LogP contribution in [0.5, 0.6) is 0 Å². The number of anilines is 2. The zero-order valence-corrected chi connectivity index (χ0v) is 16.7. The molecule has 1 aliphatic rings. The smallest absolute Gasteiger partial charge is 0.123 e. The van der Waals surface area contributed by atoms with E-state index in [9.17, 15) is 0 Å². The summed E-state index contributed by atoms with van der Waals surface area (Å²) < 4.78 is 0. The highest BCUT2D eigenvalue weighted by atomic mass is 14.9. The van der Waals surface area contributed by atoms with Gasteiger partial charge in [-0.25, -0.2) is 9.97 Å². The molecule has 0 radical (unpaired) electrons. The Hall–Kier alpha value is -2.86. The lowest BCUT2D eigenvalue weighted by Crippen LogP contribution is -2.24. The standard InChI is InChI=1S/C22H30N6/c1-14-5-19(27-21(24)7-14)4-3-16-9-18(13-26-12-16)17(11-23)10-20-6-15(2)8-22(25)28-20/h5-9,13,17,26H,3-4,10-12,23H2,1-2H3,(H2,24,27)(H2,25,28)/t17-/m0/s1. The molecule has 0 unspecified atom stereocenters. The summed E-state index contributed by atoms with van der Waals surface area (Å²) in [6.45, 7) is 5.48. The lowest BCUT2D eigenvalue weighted by molar-refractivity contribution is 0.611. The van der Waals surface area contributed by atoms with Crippen molar-refractivity contribution in [2.75, 3.05) is 24.6 Å². The molecule has 0 aliphatic carbocycles. The molecule has 0 saturated carbocycles. The maximum atomic E-state index is 6.09. The first-order valence-corrected chi connectivity index (χ1v) is 9.72. The number of hydrogen-bond acceptors (Lipinski definition) is 6. The molecule has 2 aromatic heterocycles. The van der Waals surface area contributed by atoms with E-state index < -0.39 is 0 Å². The lowest BCUT2D eigenvalue weighted by atomic mass is 9.90. The summed E-state index contributed by atoms with van der Waals surface area (Å²) in [7, 11) is 0. The van der Waals surface area contributed by atoms with Gasteiger partial charge in [0.25, 0.3) is 0 Å². The SMILES string of the molecule is Cc1cc(N)nc(CCC2=CC([C@H](CN)Cc3cc(C)cc(N)n3)=CNC2)c1. The quantitative estimate of drug-likeness (QED) is 0.588. The number of rotatable bonds is 7. The maximum Gasteiger partial charge on any atom is 0.123 e. The Balaban J connectivity index is 1.68. The molecule has 1 atom stereocenters. The summed E-state index contributed by atoms with van der Waals surface area (Å²) in [6, 6.07) is 7.95. The van der Waals surface area contributed by atoms with Crippen LogP contribution in [0.1, 0.15) is 28.9 Å². The van der Waals surface area contributed by atoms with Gasteiger partial charge in [-0.15, -0.1) is 0 Å². The second-order valence-corrected chi connectivity index (χ2v) is 7.59. The van der Waals surface area contributed by atoms with Gasteiger partial charge in [-0.1, -0.05) is 11.6 Å². The molecular formula is C22H30N6. The van der Waals surface area contributed by atoms with Crippen LogP contribution in [-0.2, 0) is 12.8 Å². The number of aryl methyl sites for hydroxylation is 3. The molecule has 28 heavy (non-hydrogen) atoms. The summed E-state index contributed by atoms with van der Waals surface area (Å²) in [4.78, 5) is 8.90. The van der Waals surface area contributed by atoms with E-state index in [2.05, 4.69) is 39.7 Å². The molecule has 0 aromatic carbocycles. The molecule has 6 nitrogen and oxygen atoms in total. The highest BCUT2D eigenvalue weighted by molar-refractivity contribution is 5.37. The molecule has 3 heterocycles. The van der Waals surface area contributed by atoms with Gasteiger partial charge in [-0.05, 0) is 80.6 Å². The number of nitrogens with two attached hydrogens (primary N) is 3. The number of nitrogen functional groups attached to an aromatic ring is 2. The van der Waals surface area contributed by atoms with E-state index in [1.807, 2.05) is 26.0 Å². The second kappa shape index (κ2) is 8.89. The number of allylic oxidation sites excluding steroid dienone is 1. The molecule has 0 bridgehead atoms. The first-order chi connectivity index (χ1) is 13.4. The van der Waals surface area contributed by atoms with Crippen LogP contribution >= 0.6 is 0 Å². The van der Waals surface area contributed by atoms with Gasteiger partial charge in [0, 0.05) is 30.1 Å². The van der Waals surface area contributed by atoms with Gasteiger partial charge < -0.3 is 22.5 Å². The summed E-state index contributed by atoms with van der Waals surface area (Å²) in [5, 5.41) is 3.39. The monoisotopic (exact) mass is 378 g/mol. The predicted molar refractivity (Wildman–Crippen MR) is 116 cm³/mol. The number of nitrogens with zero attached hydrogens (tertiary/aromatic N) is 2. The normalized spacial score (nSPS) is 14.8. The molecule has 0 amide bonds. The Kier molecular flexibility index (Phi) is 6.31. The number of nitrogens with one attached hydrogen (secondary N) is 1. The molecule has 7 N–H and O–H groups in total. The first kappa shape index (κ1) is 19.9. The van der Waals surface area contributed by atoms with Crippen LogP contribution in [0.15, 0.2) is 47.7 Å². The van der Waals surface area contributed by atoms with Crippen LogP contribution in [-0.4, -0.2) is 23.1 Å². The number of dihydropyridines is 1.